The molecule has 0 spiro atoms. The molecule has 1 atom stereocenters. The Morgan fingerprint density at radius 1 is 1.12 bits per heavy atom. The van der Waals surface area contributed by atoms with Crippen molar-refractivity contribution in [3.63, 3.8) is 0 Å². The molecule has 0 aromatic heterocycles. The van der Waals surface area contributed by atoms with Crippen LogP contribution >= 0.6 is 0 Å². The fraction of sp³-hybridized carbons (Fsp3) is 0.929. The predicted molar refractivity (Wildman–Crippen MR) is 72.0 cm³/mol. The molecule has 1 rings (SSSR count). The van der Waals surface area contributed by atoms with E-state index in [2.05, 4.69) is 30.6 Å². The zero-order valence-electron chi connectivity index (χ0n) is 11.7. The van der Waals surface area contributed by atoms with Crippen LogP contribution in [-0.4, -0.2) is 47.9 Å². The van der Waals surface area contributed by atoms with Crippen LogP contribution in [0.1, 0.15) is 52.9 Å². The number of amides is 1. The lowest BCUT2D eigenvalue weighted by molar-refractivity contribution is -0.133. The molecule has 1 heterocycles. The zero-order chi connectivity index (χ0) is 12.7. The molecule has 1 fully saturated rings. The van der Waals surface area contributed by atoms with Crippen molar-refractivity contribution in [2.24, 2.45) is 0 Å². The Morgan fingerprint density at radius 2 is 1.76 bits per heavy atom. The number of hydrogen-bond acceptors (Lipinski definition) is 2. The van der Waals surface area contributed by atoms with E-state index in [0.717, 1.165) is 39.0 Å². The highest BCUT2D eigenvalue weighted by Crippen LogP contribution is 2.11. The molecule has 1 unspecified atom stereocenters. The van der Waals surface area contributed by atoms with Gasteiger partial charge >= 0.3 is 0 Å². The monoisotopic (exact) mass is 240 g/mol. The summed E-state index contributed by atoms with van der Waals surface area (Å²) in [7, 11) is 0. The smallest absolute Gasteiger partial charge is 0.222 e. The SMILES string of the molecule is CCCCCC(=O)N1CCN(C(C)CC)CC1. The van der Waals surface area contributed by atoms with Gasteiger partial charge in [-0.05, 0) is 19.8 Å². The summed E-state index contributed by atoms with van der Waals surface area (Å²) in [6.07, 6.45) is 5.37. The highest BCUT2D eigenvalue weighted by atomic mass is 16.2. The lowest BCUT2D eigenvalue weighted by Crippen LogP contribution is -2.51. The van der Waals surface area contributed by atoms with Crippen LogP contribution in [0.2, 0.25) is 0 Å². The average molecular weight is 240 g/mol. The van der Waals surface area contributed by atoms with Crippen LogP contribution in [0.4, 0.5) is 0 Å². The van der Waals surface area contributed by atoms with Gasteiger partial charge in [-0.1, -0.05) is 26.7 Å². The van der Waals surface area contributed by atoms with Crippen molar-refractivity contribution < 1.29 is 4.79 Å². The summed E-state index contributed by atoms with van der Waals surface area (Å²) < 4.78 is 0. The molecule has 0 N–H and O–H groups in total. The molecule has 1 saturated heterocycles. The first-order valence-electron chi connectivity index (χ1n) is 7.20. The van der Waals surface area contributed by atoms with Gasteiger partial charge in [0.1, 0.15) is 0 Å². The molecule has 1 aliphatic rings. The van der Waals surface area contributed by atoms with Gasteiger partial charge in [-0.3, -0.25) is 9.69 Å². The summed E-state index contributed by atoms with van der Waals surface area (Å²) in [5.41, 5.74) is 0. The van der Waals surface area contributed by atoms with Crippen LogP contribution < -0.4 is 0 Å². The second kappa shape index (κ2) is 7.70. The highest BCUT2D eigenvalue weighted by molar-refractivity contribution is 5.76. The summed E-state index contributed by atoms with van der Waals surface area (Å²) in [6, 6.07) is 0.660. The number of unbranched alkanes of at least 4 members (excludes halogenated alkanes) is 2. The van der Waals surface area contributed by atoms with Gasteiger partial charge in [0.25, 0.3) is 0 Å². The lowest BCUT2D eigenvalue weighted by Gasteiger charge is -2.37. The van der Waals surface area contributed by atoms with Gasteiger partial charge in [0.05, 0.1) is 0 Å². The van der Waals surface area contributed by atoms with E-state index in [1.165, 1.54) is 19.3 Å². The number of carbonyl (C=O) groups is 1. The molecule has 0 saturated carbocycles. The maximum Gasteiger partial charge on any atom is 0.222 e. The Bertz CT molecular complexity index is 222. The Balaban J connectivity index is 2.24. The maximum absolute atomic E-state index is 11.9. The largest absolute Gasteiger partial charge is 0.340 e. The second-order valence-corrected chi connectivity index (χ2v) is 5.13. The molecule has 3 nitrogen and oxygen atoms in total. The minimum atomic E-state index is 0.363. The number of rotatable bonds is 6. The summed E-state index contributed by atoms with van der Waals surface area (Å²) in [5.74, 6) is 0.363. The fourth-order valence-electron chi connectivity index (χ4n) is 2.35. The summed E-state index contributed by atoms with van der Waals surface area (Å²) in [6.45, 7) is 10.6. The minimum Gasteiger partial charge on any atom is -0.340 e. The van der Waals surface area contributed by atoms with E-state index >= 15 is 0 Å². The van der Waals surface area contributed by atoms with Gasteiger partial charge in [0.15, 0.2) is 0 Å². The maximum atomic E-state index is 11.9. The molecule has 0 aromatic rings. The summed E-state index contributed by atoms with van der Waals surface area (Å²) in [4.78, 5) is 16.5. The molecule has 0 aromatic carbocycles. The van der Waals surface area contributed by atoms with Crippen molar-refractivity contribution in [3.05, 3.63) is 0 Å². The van der Waals surface area contributed by atoms with Crippen LogP contribution in [-0.2, 0) is 4.79 Å². The van der Waals surface area contributed by atoms with Crippen LogP contribution in [0, 0.1) is 0 Å². The van der Waals surface area contributed by atoms with Crippen molar-refractivity contribution in [2.45, 2.75) is 58.9 Å². The number of hydrogen-bond donors (Lipinski definition) is 0. The molecule has 0 bridgehead atoms. The van der Waals surface area contributed by atoms with Gasteiger partial charge in [0.2, 0.25) is 5.91 Å². The number of piperazine rings is 1. The van der Waals surface area contributed by atoms with Crippen LogP contribution in [0.25, 0.3) is 0 Å². The normalized spacial score (nSPS) is 19.4. The van der Waals surface area contributed by atoms with Gasteiger partial charge in [0, 0.05) is 38.6 Å². The molecule has 100 valence electrons. The lowest BCUT2D eigenvalue weighted by atomic mass is 10.1. The first-order valence-corrected chi connectivity index (χ1v) is 7.20. The summed E-state index contributed by atoms with van der Waals surface area (Å²) >= 11 is 0. The molecule has 3 heteroatoms. The predicted octanol–water partition coefficient (Wildman–Crippen LogP) is 2.51. The Labute approximate surface area is 106 Å². The van der Waals surface area contributed by atoms with Crippen molar-refractivity contribution in [1.82, 2.24) is 9.80 Å². The topological polar surface area (TPSA) is 23.6 Å². The number of carbonyl (C=O) groups excluding carboxylic acids is 1. The van der Waals surface area contributed by atoms with E-state index in [1.807, 2.05) is 0 Å². The third kappa shape index (κ3) is 4.66. The third-order valence-electron chi connectivity index (χ3n) is 3.88. The van der Waals surface area contributed by atoms with Crippen LogP contribution in [0.5, 0.6) is 0 Å². The van der Waals surface area contributed by atoms with E-state index in [9.17, 15) is 4.79 Å². The number of nitrogens with zero attached hydrogens (tertiary/aromatic N) is 2. The van der Waals surface area contributed by atoms with E-state index in [4.69, 9.17) is 0 Å². The average Bonchev–Trinajstić information content (AvgIpc) is 2.38. The van der Waals surface area contributed by atoms with E-state index in [1.54, 1.807) is 0 Å². The molecule has 0 radical (unpaired) electrons. The first-order chi connectivity index (χ1) is 8.19. The standard InChI is InChI=1S/C14H28N2O/c1-4-6-7-8-14(17)16-11-9-15(10-12-16)13(3)5-2/h13H,4-12H2,1-3H3. The molecule has 1 aliphatic heterocycles. The molecule has 1 amide bonds. The van der Waals surface area contributed by atoms with Gasteiger partial charge in [-0.15, -0.1) is 0 Å². The van der Waals surface area contributed by atoms with Crippen molar-refractivity contribution in [1.29, 1.82) is 0 Å². The van der Waals surface area contributed by atoms with Crippen LogP contribution in [0.15, 0.2) is 0 Å². The molecule has 0 aliphatic carbocycles. The minimum absolute atomic E-state index is 0.363. The van der Waals surface area contributed by atoms with Gasteiger partial charge < -0.3 is 4.90 Å². The van der Waals surface area contributed by atoms with E-state index in [-0.39, 0.29) is 0 Å². The van der Waals surface area contributed by atoms with E-state index < -0.39 is 0 Å². The second-order valence-electron chi connectivity index (χ2n) is 5.13. The first kappa shape index (κ1) is 14.5. The fourth-order valence-corrected chi connectivity index (χ4v) is 2.35. The summed E-state index contributed by atoms with van der Waals surface area (Å²) in [5, 5.41) is 0. The van der Waals surface area contributed by atoms with Crippen molar-refractivity contribution in [2.75, 3.05) is 26.2 Å². The zero-order valence-corrected chi connectivity index (χ0v) is 11.7. The van der Waals surface area contributed by atoms with E-state index in [0.29, 0.717) is 11.9 Å². The molecule has 17 heavy (non-hydrogen) atoms. The Morgan fingerprint density at radius 3 is 2.29 bits per heavy atom. The third-order valence-corrected chi connectivity index (χ3v) is 3.88. The molecular weight excluding hydrogens is 212 g/mol. The Kier molecular flexibility index (Phi) is 6.56. The van der Waals surface area contributed by atoms with Gasteiger partial charge in [-0.25, -0.2) is 0 Å². The Hall–Kier alpha value is -0.570. The van der Waals surface area contributed by atoms with Crippen LogP contribution in [0.3, 0.4) is 0 Å². The quantitative estimate of drug-likeness (QED) is 0.666. The highest BCUT2D eigenvalue weighted by Gasteiger charge is 2.22. The molecular formula is C14H28N2O. The van der Waals surface area contributed by atoms with Crippen molar-refractivity contribution in [3.8, 4) is 0 Å². The van der Waals surface area contributed by atoms with Gasteiger partial charge in [-0.2, -0.15) is 0 Å². The van der Waals surface area contributed by atoms with Crippen molar-refractivity contribution >= 4 is 5.91 Å².